The van der Waals surface area contributed by atoms with Crippen LogP contribution in [0.15, 0.2) is 16.6 Å². The third kappa shape index (κ3) is 6.70. The average molecular weight is 358 g/mol. The number of unbranched alkanes of at least 4 members (excludes halogenated alkanes) is 3. The van der Waals surface area contributed by atoms with Crippen LogP contribution in [-0.2, 0) is 6.42 Å². The summed E-state index contributed by atoms with van der Waals surface area (Å²) >= 11 is 3.62. The summed E-state index contributed by atoms with van der Waals surface area (Å²) in [7, 11) is 3.38. The highest BCUT2D eigenvalue weighted by atomic mass is 79.9. The van der Waals surface area contributed by atoms with Gasteiger partial charge in [-0.3, -0.25) is 0 Å². The van der Waals surface area contributed by atoms with Crippen LogP contribution in [0, 0.1) is 0 Å². The first-order chi connectivity index (χ1) is 10.1. The number of benzene rings is 1. The molecular formula is C17H28BrNO2. The van der Waals surface area contributed by atoms with Crippen molar-refractivity contribution < 1.29 is 9.47 Å². The Bertz CT molecular complexity index is 421. The zero-order valence-corrected chi connectivity index (χ0v) is 15.3. The van der Waals surface area contributed by atoms with Crippen molar-refractivity contribution in [2.75, 3.05) is 20.8 Å². The van der Waals surface area contributed by atoms with E-state index in [1.54, 1.807) is 14.2 Å². The molecule has 21 heavy (non-hydrogen) atoms. The van der Waals surface area contributed by atoms with Crippen LogP contribution in [0.5, 0.6) is 11.5 Å². The molecule has 4 heteroatoms. The number of ether oxygens (including phenoxy) is 2. The van der Waals surface area contributed by atoms with E-state index in [1.807, 2.05) is 12.1 Å². The van der Waals surface area contributed by atoms with Crippen LogP contribution in [0.1, 0.15) is 45.1 Å². The molecule has 3 nitrogen and oxygen atoms in total. The van der Waals surface area contributed by atoms with Crippen LogP contribution < -0.4 is 14.8 Å². The third-order valence-electron chi connectivity index (χ3n) is 3.49. The molecule has 1 N–H and O–H groups in total. The van der Waals surface area contributed by atoms with Gasteiger partial charge in [0.2, 0.25) is 0 Å². The Morgan fingerprint density at radius 1 is 1.05 bits per heavy atom. The summed E-state index contributed by atoms with van der Waals surface area (Å²) in [6.45, 7) is 5.49. The monoisotopic (exact) mass is 357 g/mol. The van der Waals surface area contributed by atoms with Crippen LogP contribution in [0.25, 0.3) is 0 Å². The standard InChI is InChI=1S/C17H28BrNO2/c1-13(2)19-10-8-6-5-7-9-15-16(18)11-14(20-3)12-17(15)21-4/h11-13,19H,5-10H2,1-4H3. The molecule has 1 aromatic carbocycles. The number of hydrogen-bond donors (Lipinski definition) is 1. The van der Waals surface area contributed by atoms with E-state index in [9.17, 15) is 0 Å². The Labute approximate surface area is 137 Å². The minimum Gasteiger partial charge on any atom is -0.497 e. The number of hydrogen-bond acceptors (Lipinski definition) is 3. The second kappa shape index (κ2) is 10.1. The van der Waals surface area contributed by atoms with Gasteiger partial charge >= 0.3 is 0 Å². The van der Waals surface area contributed by atoms with Gasteiger partial charge in [-0.05, 0) is 31.9 Å². The summed E-state index contributed by atoms with van der Waals surface area (Å²) in [5.41, 5.74) is 1.23. The van der Waals surface area contributed by atoms with Crippen molar-refractivity contribution in [3.63, 3.8) is 0 Å². The van der Waals surface area contributed by atoms with Crippen molar-refractivity contribution in [1.82, 2.24) is 5.32 Å². The highest BCUT2D eigenvalue weighted by Crippen LogP contribution is 2.33. The Balaban J connectivity index is 2.38. The quantitative estimate of drug-likeness (QED) is 0.622. The number of halogens is 1. The molecule has 0 heterocycles. The zero-order valence-electron chi connectivity index (χ0n) is 13.7. The van der Waals surface area contributed by atoms with Gasteiger partial charge in [-0.15, -0.1) is 0 Å². The number of nitrogens with one attached hydrogen (secondary N) is 1. The largest absolute Gasteiger partial charge is 0.497 e. The molecule has 1 aromatic rings. The highest BCUT2D eigenvalue weighted by Gasteiger charge is 2.10. The van der Waals surface area contributed by atoms with Crippen molar-refractivity contribution in [1.29, 1.82) is 0 Å². The first-order valence-electron chi connectivity index (χ1n) is 7.72. The number of rotatable bonds is 10. The molecule has 0 spiro atoms. The van der Waals surface area contributed by atoms with Gasteiger partial charge in [0.25, 0.3) is 0 Å². The number of methoxy groups -OCH3 is 2. The van der Waals surface area contributed by atoms with Gasteiger partial charge in [0.1, 0.15) is 11.5 Å². The maximum atomic E-state index is 5.47. The van der Waals surface area contributed by atoms with Gasteiger partial charge in [-0.25, -0.2) is 0 Å². The lowest BCUT2D eigenvalue weighted by molar-refractivity contribution is 0.389. The molecule has 0 radical (unpaired) electrons. The summed E-state index contributed by atoms with van der Waals surface area (Å²) in [5, 5.41) is 3.45. The van der Waals surface area contributed by atoms with E-state index in [-0.39, 0.29) is 0 Å². The molecule has 1 rings (SSSR count). The van der Waals surface area contributed by atoms with Crippen molar-refractivity contribution in [2.45, 2.75) is 52.0 Å². The second-order valence-electron chi connectivity index (χ2n) is 5.56. The van der Waals surface area contributed by atoms with E-state index >= 15 is 0 Å². The van der Waals surface area contributed by atoms with E-state index in [2.05, 4.69) is 35.1 Å². The minimum absolute atomic E-state index is 0.588. The summed E-state index contributed by atoms with van der Waals surface area (Å²) in [6.07, 6.45) is 5.99. The molecule has 0 amide bonds. The Morgan fingerprint density at radius 3 is 2.38 bits per heavy atom. The predicted molar refractivity (Wildman–Crippen MR) is 92.6 cm³/mol. The van der Waals surface area contributed by atoms with Gasteiger partial charge in [0.05, 0.1) is 14.2 Å². The van der Waals surface area contributed by atoms with E-state index in [1.165, 1.54) is 31.2 Å². The summed E-state index contributed by atoms with van der Waals surface area (Å²) < 4.78 is 11.8. The average Bonchev–Trinajstić information content (AvgIpc) is 2.46. The fourth-order valence-electron chi connectivity index (χ4n) is 2.30. The summed E-state index contributed by atoms with van der Waals surface area (Å²) in [6, 6.07) is 4.54. The normalized spacial score (nSPS) is 11.0. The predicted octanol–water partition coefficient (Wildman–Crippen LogP) is 4.57. The maximum Gasteiger partial charge on any atom is 0.126 e. The van der Waals surface area contributed by atoms with Crippen molar-refractivity contribution >= 4 is 15.9 Å². The molecule has 0 aliphatic heterocycles. The smallest absolute Gasteiger partial charge is 0.126 e. The Kier molecular flexibility index (Phi) is 8.77. The first kappa shape index (κ1) is 18.3. The molecule has 0 aliphatic carbocycles. The maximum absolute atomic E-state index is 5.47. The zero-order chi connectivity index (χ0) is 15.7. The molecule has 0 aliphatic rings. The van der Waals surface area contributed by atoms with E-state index < -0.39 is 0 Å². The summed E-state index contributed by atoms with van der Waals surface area (Å²) in [5.74, 6) is 1.73. The van der Waals surface area contributed by atoms with Crippen LogP contribution in [-0.4, -0.2) is 26.8 Å². The van der Waals surface area contributed by atoms with Gasteiger partial charge in [-0.2, -0.15) is 0 Å². The van der Waals surface area contributed by atoms with Gasteiger partial charge in [-0.1, -0.05) is 42.6 Å². The van der Waals surface area contributed by atoms with Gasteiger partial charge in [0.15, 0.2) is 0 Å². The summed E-state index contributed by atoms with van der Waals surface area (Å²) in [4.78, 5) is 0. The fraction of sp³-hybridized carbons (Fsp3) is 0.647. The SMILES string of the molecule is COc1cc(Br)c(CCCCCCNC(C)C)c(OC)c1. The van der Waals surface area contributed by atoms with E-state index in [0.29, 0.717) is 6.04 Å². The molecule has 0 atom stereocenters. The lowest BCUT2D eigenvalue weighted by Crippen LogP contribution is -2.23. The van der Waals surface area contributed by atoms with E-state index in [4.69, 9.17) is 9.47 Å². The first-order valence-corrected chi connectivity index (χ1v) is 8.51. The molecule has 0 saturated heterocycles. The fourth-order valence-corrected chi connectivity index (χ4v) is 2.92. The van der Waals surface area contributed by atoms with Crippen LogP contribution in [0.3, 0.4) is 0 Å². The van der Waals surface area contributed by atoms with Crippen molar-refractivity contribution in [3.8, 4) is 11.5 Å². The highest BCUT2D eigenvalue weighted by molar-refractivity contribution is 9.10. The lowest BCUT2D eigenvalue weighted by atomic mass is 10.0. The second-order valence-corrected chi connectivity index (χ2v) is 6.42. The molecule has 0 saturated carbocycles. The van der Waals surface area contributed by atoms with Crippen LogP contribution in [0.4, 0.5) is 0 Å². The third-order valence-corrected chi connectivity index (χ3v) is 4.20. The molecular weight excluding hydrogens is 330 g/mol. The molecule has 0 bridgehead atoms. The van der Waals surface area contributed by atoms with Crippen molar-refractivity contribution in [3.05, 3.63) is 22.2 Å². The molecule has 0 fully saturated rings. The van der Waals surface area contributed by atoms with Crippen LogP contribution in [0.2, 0.25) is 0 Å². The van der Waals surface area contributed by atoms with E-state index in [0.717, 1.165) is 28.9 Å². The lowest BCUT2D eigenvalue weighted by Gasteiger charge is -2.13. The van der Waals surface area contributed by atoms with Crippen molar-refractivity contribution in [2.24, 2.45) is 0 Å². The topological polar surface area (TPSA) is 30.5 Å². The van der Waals surface area contributed by atoms with Gasteiger partial charge in [0, 0.05) is 22.1 Å². The van der Waals surface area contributed by atoms with Crippen LogP contribution >= 0.6 is 15.9 Å². The Morgan fingerprint density at radius 2 is 1.76 bits per heavy atom. The molecule has 120 valence electrons. The Hall–Kier alpha value is -0.740. The minimum atomic E-state index is 0.588. The molecule has 0 aromatic heterocycles. The molecule has 0 unspecified atom stereocenters. The van der Waals surface area contributed by atoms with Gasteiger partial charge < -0.3 is 14.8 Å².